The predicted octanol–water partition coefficient (Wildman–Crippen LogP) is -0.0842. The van der Waals surface area contributed by atoms with Gasteiger partial charge in [-0.2, -0.15) is 0 Å². The van der Waals surface area contributed by atoms with Gasteiger partial charge in [0.2, 0.25) is 0 Å². The Morgan fingerprint density at radius 2 is 1.60 bits per heavy atom. The molecule has 0 aromatic carbocycles. The molecule has 0 aromatic heterocycles. The highest BCUT2D eigenvalue weighted by Crippen LogP contribution is 2.30. The summed E-state index contributed by atoms with van der Waals surface area (Å²) in [6, 6.07) is 0. The smallest absolute Gasteiger partial charge is 0.407 e. The fourth-order valence-corrected chi connectivity index (χ4v) is 1.66. The molecule has 7 nitrogen and oxygen atoms in total. The molecule has 1 heterocycles. The summed E-state index contributed by atoms with van der Waals surface area (Å²) >= 11 is 0. The minimum absolute atomic E-state index is 0.0402. The first kappa shape index (κ1) is 11.3. The van der Waals surface area contributed by atoms with Crippen LogP contribution in [0.15, 0.2) is 0 Å². The molecule has 0 aromatic rings. The zero-order valence-corrected chi connectivity index (χ0v) is 7.84. The first-order valence-corrected chi connectivity index (χ1v) is 4.35. The summed E-state index contributed by atoms with van der Waals surface area (Å²) in [7, 11) is 0. The second-order valence-corrected chi connectivity index (χ2v) is 3.50. The van der Waals surface area contributed by atoms with E-state index < -0.39 is 30.0 Å². The molecule has 0 bridgehead atoms. The fourth-order valence-electron chi connectivity index (χ4n) is 1.66. The third-order valence-electron chi connectivity index (χ3n) is 2.58. The van der Waals surface area contributed by atoms with Gasteiger partial charge < -0.3 is 20.2 Å². The molecular weight excluding hydrogens is 206 g/mol. The SMILES string of the molecule is O=C(O)N1CCCC(C(=O)O)(C(=O)O)C1. The number of carbonyl (C=O) groups is 3. The van der Waals surface area contributed by atoms with Gasteiger partial charge in [0.15, 0.2) is 5.41 Å². The average Bonchev–Trinajstić information content (AvgIpc) is 2.17. The third-order valence-corrected chi connectivity index (χ3v) is 2.58. The van der Waals surface area contributed by atoms with Crippen molar-refractivity contribution in [3.63, 3.8) is 0 Å². The number of piperidine rings is 1. The van der Waals surface area contributed by atoms with Crippen LogP contribution in [0.1, 0.15) is 12.8 Å². The van der Waals surface area contributed by atoms with E-state index in [9.17, 15) is 14.4 Å². The molecule has 7 heteroatoms. The highest BCUT2D eigenvalue weighted by molar-refractivity contribution is 5.99. The van der Waals surface area contributed by atoms with Crippen LogP contribution in [0, 0.1) is 5.41 Å². The van der Waals surface area contributed by atoms with Gasteiger partial charge in [0.05, 0.1) is 6.54 Å². The lowest BCUT2D eigenvalue weighted by Crippen LogP contribution is -2.53. The molecule has 0 saturated carbocycles. The van der Waals surface area contributed by atoms with Crippen molar-refractivity contribution < 1.29 is 29.7 Å². The van der Waals surface area contributed by atoms with Gasteiger partial charge in [-0.1, -0.05) is 0 Å². The van der Waals surface area contributed by atoms with Gasteiger partial charge in [-0.25, -0.2) is 4.79 Å². The van der Waals surface area contributed by atoms with Crippen molar-refractivity contribution >= 4 is 18.0 Å². The van der Waals surface area contributed by atoms with Crippen LogP contribution in [0.3, 0.4) is 0 Å². The zero-order valence-electron chi connectivity index (χ0n) is 7.84. The lowest BCUT2D eigenvalue weighted by Gasteiger charge is -2.35. The van der Waals surface area contributed by atoms with Gasteiger partial charge in [-0.05, 0) is 12.8 Å². The minimum atomic E-state index is -1.99. The molecule has 3 N–H and O–H groups in total. The van der Waals surface area contributed by atoms with E-state index in [4.69, 9.17) is 15.3 Å². The van der Waals surface area contributed by atoms with Crippen molar-refractivity contribution in [3.8, 4) is 0 Å². The van der Waals surface area contributed by atoms with E-state index in [1.165, 1.54) is 0 Å². The summed E-state index contributed by atoms with van der Waals surface area (Å²) in [5.74, 6) is -2.97. The Hall–Kier alpha value is -1.79. The van der Waals surface area contributed by atoms with E-state index >= 15 is 0 Å². The Bertz CT molecular complexity index is 298. The van der Waals surface area contributed by atoms with Crippen LogP contribution >= 0.6 is 0 Å². The van der Waals surface area contributed by atoms with E-state index in [0.717, 1.165) is 4.90 Å². The lowest BCUT2D eigenvalue weighted by atomic mass is 9.80. The van der Waals surface area contributed by atoms with Gasteiger partial charge in [-0.3, -0.25) is 9.59 Å². The van der Waals surface area contributed by atoms with Gasteiger partial charge in [-0.15, -0.1) is 0 Å². The van der Waals surface area contributed by atoms with E-state index in [2.05, 4.69) is 0 Å². The molecule has 0 aliphatic carbocycles. The summed E-state index contributed by atoms with van der Waals surface area (Å²) in [6.07, 6.45) is -1.09. The highest BCUT2D eigenvalue weighted by Gasteiger charge is 2.50. The maximum atomic E-state index is 10.9. The van der Waals surface area contributed by atoms with Crippen molar-refractivity contribution in [2.75, 3.05) is 13.1 Å². The number of rotatable bonds is 2. The quantitative estimate of drug-likeness (QED) is 0.557. The van der Waals surface area contributed by atoms with Crippen molar-refractivity contribution in [2.45, 2.75) is 12.8 Å². The van der Waals surface area contributed by atoms with Crippen LogP contribution in [-0.2, 0) is 9.59 Å². The molecule has 1 aliphatic heterocycles. The number of hydrogen-bond acceptors (Lipinski definition) is 3. The normalized spacial score (nSPS) is 19.6. The Labute approximate surface area is 84.9 Å². The molecule has 0 spiro atoms. The number of hydrogen-bond donors (Lipinski definition) is 3. The van der Waals surface area contributed by atoms with Crippen molar-refractivity contribution in [1.29, 1.82) is 0 Å². The number of aliphatic carboxylic acids is 2. The van der Waals surface area contributed by atoms with Gasteiger partial charge >= 0.3 is 18.0 Å². The standard InChI is InChI=1S/C8H11NO6/c10-5(11)8(6(12)13)2-1-3-9(4-8)7(14)15/h1-4H2,(H,10,11)(H,12,13)(H,14,15). The third kappa shape index (κ3) is 1.85. The average molecular weight is 217 g/mol. The zero-order chi connectivity index (χ0) is 11.6. The molecule has 1 amide bonds. The van der Waals surface area contributed by atoms with Crippen LogP contribution in [-0.4, -0.2) is 51.3 Å². The van der Waals surface area contributed by atoms with Gasteiger partial charge in [0.25, 0.3) is 0 Å². The topological polar surface area (TPSA) is 115 Å². The molecule has 84 valence electrons. The number of amides is 1. The van der Waals surface area contributed by atoms with E-state index in [0.29, 0.717) is 0 Å². The second kappa shape index (κ2) is 3.76. The number of carboxylic acids is 2. The molecule has 1 aliphatic rings. The Kier molecular flexibility index (Phi) is 2.83. The van der Waals surface area contributed by atoms with E-state index in [-0.39, 0.29) is 19.4 Å². The van der Waals surface area contributed by atoms with Crippen LogP contribution in [0.25, 0.3) is 0 Å². The van der Waals surface area contributed by atoms with E-state index in [1.54, 1.807) is 0 Å². The summed E-state index contributed by atoms with van der Waals surface area (Å²) in [5, 5.41) is 26.4. The van der Waals surface area contributed by atoms with Gasteiger partial charge in [0, 0.05) is 6.54 Å². The first-order valence-electron chi connectivity index (χ1n) is 4.35. The molecule has 1 rings (SSSR count). The van der Waals surface area contributed by atoms with Crippen LogP contribution in [0.5, 0.6) is 0 Å². The number of likely N-dealkylation sites (tertiary alicyclic amines) is 1. The minimum Gasteiger partial charge on any atom is -0.480 e. The molecule has 15 heavy (non-hydrogen) atoms. The summed E-state index contributed by atoms with van der Waals surface area (Å²) < 4.78 is 0. The molecule has 0 atom stereocenters. The molecule has 0 unspecified atom stereocenters. The number of carboxylic acid groups (broad SMARTS) is 3. The van der Waals surface area contributed by atoms with Crippen LogP contribution in [0.2, 0.25) is 0 Å². The van der Waals surface area contributed by atoms with Crippen molar-refractivity contribution in [2.24, 2.45) is 5.41 Å². The second-order valence-electron chi connectivity index (χ2n) is 3.50. The Balaban J connectivity index is 2.95. The Morgan fingerprint density at radius 3 is 2.00 bits per heavy atom. The van der Waals surface area contributed by atoms with E-state index in [1.807, 2.05) is 0 Å². The summed E-state index contributed by atoms with van der Waals surface area (Å²) in [4.78, 5) is 33.2. The lowest BCUT2D eigenvalue weighted by molar-refractivity contribution is -0.168. The maximum Gasteiger partial charge on any atom is 0.407 e. The predicted molar refractivity (Wildman–Crippen MR) is 46.5 cm³/mol. The maximum absolute atomic E-state index is 10.9. The largest absolute Gasteiger partial charge is 0.480 e. The summed E-state index contributed by atoms with van der Waals surface area (Å²) in [6.45, 7) is -0.315. The molecule has 1 fully saturated rings. The van der Waals surface area contributed by atoms with Crippen LogP contribution in [0.4, 0.5) is 4.79 Å². The summed E-state index contributed by atoms with van der Waals surface area (Å²) in [5.41, 5.74) is -1.99. The van der Waals surface area contributed by atoms with Crippen molar-refractivity contribution in [1.82, 2.24) is 4.90 Å². The number of nitrogens with zero attached hydrogens (tertiary/aromatic N) is 1. The monoisotopic (exact) mass is 217 g/mol. The first-order chi connectivity index (χ1) is 6.90. The Morgan fingerprint density at radius 1 is 1.07 bits per heavy atom. The molecule has 1 saturated heterocycles. The van der Waals surface area contributed by atoms with Crippen molar-refractivity contribution in [3.05, 3.63) is 0 Å². The molecule has 0 radical (unpaired) electrons. The van der Waals surface area contributed by atoms with Crippen LogP contribution < -0.4 is 0 Å². The van der Waals surface area contributed by atoms with Gasteiger partial charge in [0.1, 0.15) is 0 Å². The highest BCUT2D eigenvalue weighted by atomic mass is 16.4. The molecular formula is C8H11NO6. The fraction of sp³-hybridized carbons (Fsp3) is 0.625.